The molecular formula is C11H16O2S2. The van der Waals surface area contributed by atoms with E-state index in [1.54, 1.807) is 11.8 Å². The third kappa shape index (κ3) is 5.97. The average molecular weight is 244 g/mol. The Bertz CT molecular complexity index is 288. The molecule has 1 aromatic rings. The van der Waals surface area contributed by atoms with Gasteiger partial charge >= 0.3 is 0 Å². The highest BCUT2D eigenvalue weighted by atomic mass is 32.2. The molecule has 0 radical (unpaired) electrons. The van der Waals surface area contributed by atoms with Crippen molar-refractivity contribution in [3.8, 4) is 0 Å². The van der Waals surface area contributed by atoms with E-state index in [0.717, 1.165) is 11.5 Å². The molecule has 0 aliphatic carbocycles. The summed E-state index contributed by atoms with van der Waals surface area (Å²) in [5.74, 6) is 2.47. The SMILES string of the molecule is CCOS(=O)CCSCc1ccccc1. The molecule has 1 aromatic carbocycles. The predicted molar refractivity (Wildman–Crippen MR) is 67.2 cm³/mol. The maximum absolute atomic E-state index is 11.1. The van der Waals surface area contributed by atoms with Crippen LogP contribution in [0, 0.1) is 0 Å². The molecule has 0 heterocycles. The molecule has 0 saturated carbocycles. The van der Waals surface area contributed by atoms with Gasteiger partial charge in [-0.1, -0.05) is 30.3 Å². The largest absolute Gasteiger partial charge is 0.291 e. The molecule has 0 N–H and O–H groups in total. The molecule has 84 valence electrons. The third-order valence-corrected chi connectivity index (χ3v) is 4.08. The van der Waals surface area contributed by atoms with E-state index in [2.05, 4.69) is 12.1 Å². The molecule has 0 aromatic heterocycles. The summed E-state index contributed by atoms with van der Waals surface area (Å²) >= 11 is 0.689. The molecule has 0 amide bonds. The van der Waals surface area contributed by atoms with E-state index in [-0.39, 0.29) is 0 Å². The fourth-order valence-electron chi connectivity index (χ4n) is 1.08. The van der Waals surface area contributed by atoms with Gasteiger partial charge in [-0.15, -0.1) is 0 Å². The highest BCUT2D eigenvalue weighted by Gasteiger charge is 1.98. The first-order valence-electron chi connectivity index (χ1n) is 4.96. The van der Waals surface area contributed by atoms with Crippen molar-refractivity contribution in [1.82, 2.24) is 0 Å². The monoisotopic (exact) mass is 244 g/mol. The van der Waals surface area contributed by atoms with Crippen molar-refractivity contribution in [2.45, 2.75) is 12.7 Å². The van der Waals surface area contributed by atoms with Crippen LogP contribution in [0.15, 0.2) is 30.3 Å². The first-order chi connectivity index (χ1) is 7.33. The topological polar surface area (TPSA) is 26.3 Å². The maximum Gasteiger partial charge on any atom is 0.156 e. The molecular weight excluding hydrogens is 228 g/mol. The van der Waals surface area contributed by atoms with Crippen LogP contribution in [-0.2, 0) is 21.0 Å². The van der Waals surface area contributed by atoms with Crippen LogP contribution in [0.3, 0.4) is 0 Å². The quantitative estimate of drug-likeness (QED) is 0.690. The van der Waals surface area contributed by atoms with Gasteiger partial charge in [0.1, 0.15) is 0 Å². The smallest absolute Gasteiger partial charge is 0.156 e. The summed E-state index contributed by atoms with van der Waals surface area (Å²) in [6.45, 7) is 2.38. The van der Waals surface area contributed by atoms with Gasteiger partial charge in [-0.2, -0.15) is 11.8 Å². The zero-order chi connectivity index (χ0) is 10.9. The van der Waals surface area contributed by atoms with Crippen LogP contribution in [0.4, 0.5) is 0 Å². The van der Waals surface area contributed by atoms with E-state index in [1.807, 2.05) is 25.1 Å². The molecule has 1 unspecified atom stereocenters. The summed E-state index contributed by atoms with van der Waals surface area (Å²) in [6, 6.07) is 10.3. The number of thioether (sulfide) groups is 1. The van der Waals surface area contributed by atoms with Crippen molar-refractivity contribution >= 4 is 22.8 Å². The molecule has 0 bridgehead atoms. The molecule has 15 heavy (non-hydrogen) atoms. The van der Waals surface area contributed by atoms with Gasteiger partial charge in [0, 0.05) is 11.5 Å². The minimum atomic E-state index is -1.10. The Kier molecular flexibility index (Phi) is 6.72. The number of hydrogen-bond donors (Lipinski definition) is 0. The van der Waals surface area contributed by atoms with Crippen LogP contribution >= 0.6 is 11.8 Å². The number of benzene rings is 1. The van der Waals surface area contributed by atoms with Crippen LogP contribution in [0.2, 0.25) is 0 Å². The molecule has 0 aliphatic rings. The van der Waals surface area contributed by atoms with Gasteiger partial charge in [-0.25, -0.2) is 4.21 Å². The molecule has 0 aliphatic heterocycles. The van der Waals surface area contributed by atoms with Gasteiger partial charge in [-0.05, 0) is 12.5 Å². The molecule has 1 rings (SSSR count). The van der Waals surface area contributed by atoms with Crippen molar-refractivity contribution in [3.05, 3.63) is 35.9 Å². The van der Waals surface area contributed by atoms with E-state index >= 15 is 0 Å². The lowest BCUT2D eigenvalue weighted by Crippen LogP contribution is -2.04. The van der Waals surface area contributed by atoms with E-state index in [1.165, 1.54) is 5.56 Å². The minimum absolute atomic E-state index is 0.524. The average Bonchev–Trinajstić information content (AvgIpc) is 2.26. The van der Waals surface area contributed by atoms with Gasteiger partial charge in [0.15, 0.2) is 11.1 Å². The van der Waals surface area contributed by atoms with Crippen molar-refractivity contribution in [2.24, 2.45) is 0 Å². The standard InChI is InChI=1S/C11H16O2S2/c1-2-13-15(12)9-8-14-10-11-6-4-3-5-7-11/h3-7H,2,8-10H2,1H3. The zero-order valence-electron chi connectivity index (χ0n) is 8.85. The minimum Gasteiger partial charge on any atom is -0.291 e. The second-order valence-corrected chi connectivity index (χ2v) is 5.31. The van der Waals surface area contributed by atoms with Gasteiger partial charge in [-0.3, -0.25) is 4.18 Å². The Labute approximate surface area is 98.1 Å². The van der Waals surface area contributed by atoms with E-state index in [0.29, 0.717) is 12.4 Å². The number of rotatable bonds is 7. The lowest BCUT2D eigenvalue weighted by molar-refractivity contribution is 0.372. The van der Waals surface area contributed by atoms with Gasteiger partial charge in [0.05, 0.1) is 12.4 Å². The normalized spacial score (nSPS) is 12.6. The van der Waals surface area contributed by atoms with Crippen LogP contribution in [0.1, 0.15) is 12.5 Å². The third-order valence-electron chi connectivity index (χ3n) is 1.76. The van der Waals surface area contributed by atoms with Crippen LogP contribution < -0.4 is 0 Å². The van der Waals surface area contributed by atoms with E-state index < -0.39 is 11.1 Å². The highest BCUT2D eigenvalue weighted by molar-refractivity contribution is 7.99. The first-order valence-corrected chi connectivity index (χ1v) is 7.36. The Morgan fingerprint density at radius 2 is 2.07 bits per heavy atom. The fourth-order valence-corrected chi connectivity index (χ4v) is 3.05. The zero-order valence-corrected chi connectivity index (χ0v) is 10.5. The summed E-state index contributed by atoms with van der Waals surface area (Å²) in [5.41, 5.74) is 1.31. The molecule has 1 atom stereocenters. The molecule has 2 nitrogen and oxygen atoms in total. The summed E-state index contributed by atoms with van der Waals surface area (Å²) < 4.78 is 16.1. The van der Waals surface area contributed by atoms with E-state index in [9.17, 15) is 4.21 Å². The Hall–Kier alpha value is -0.320. The second-order valence-electron chi connectivity index (χ2n) is 2.95. The van der Waals surface area contributed by atoms with Crippen molar-refractivity contribution in [2.75, 3.05) is 18.1 Å². The Morgan fingerprint density at radius 3 is 2.73 bits per heavy atom. The van der Waals surface area contributed by atoms with E-state index in [4.69, 9.17) is 4.18 Å². The molecule has 0 spiro atoms. The summed E-state index contributed by atoms with van der Waals surface area (Å²) in [6.07, 6.45) is 0. The van der Waals surface area contributed by atoms with Gasteiger partial charge < -0.3 is 0 Å². The summed E-state index contributed by atoms with van der Waals surface area (Å²) in [5, 5.41) is 0. The van der Waals surface area contributed by atoms with Gasteiger partial charge in [0.2, 0.25) is 0 Å². The van der Waals surface area contributed by atoms with Crippen molar-refractivity contribution in [3.63, 3.8) is 0 Å². The Morgan fingerprint density at radius 1 is 1.33 bits per heavy atom. The van der Waals surface area contributed by atoms with Crippen molar-refractivity contribution < 1.29 is 8.39 Å². The maximum atomic E-state index is 11.1. The Balaban J connectivity index is 2.10. The number of hydrogen-bond acceptors (Lipinski definition) is 3. The summed E-state index contributed by atoms with van der Waals surface area (Å²) in [7, 11) is 0. The van der Waals surface area contributed by atoms with Crippen LogP contribution in [-0.4, -0.2) is 22.3 Å². The predicted octanol–water partition coefficient (Wildman–Crippen LogP) is 2.62. The lowest BCUT2D eigenvalue weighted by atomic mass is 10.2. The summed E-state index contributed by atoms with van der Waals surface area (Å²) in [4.78, 5) is 0. The fraction of sp³-hybridized carbons (Fsp3) is 0.455. The highest BCUT2D eigenvalue weighted by Crippen LogP contribution is 2.11. The second kappa shape index (κ2) is 7.91. The van der Waals surface area contributed by atoms with Gasteiger partial charge in [0.25, 0.3) is 0 Å². The van der Waals surface area contributed by atoms with Crippen LogP contribution in [0.25, 0.3) is 0 Å². The first kappa shape index (κ1) is 12.7. The van der Waals surface area contributed by atoms with Crippen LogP contribution in [0.5, 0.6) is 0 Å². The molecule has 4 heteroatoms. The molecule has 0 saturated heterocycles. The van der Waals surface area contributed by atoms with Crippen molar-refractivity contribution in [1.29, 1.82) is 0 Å². The lowest BCUT2D eigenvalue weighted by Gasteiger charge is -2.02. The molecule has 0 fully saturated rings.